The molecule has 1 aromatic heterocycles. The van der Waals surface area contributed by atoms with Crippen LogP contribution < -0.4 is 9.72 Å². The molecule has 138 valence electrons. The maximum absolute atomic E-state index is 13.3. The smallest absolute Gasteiger partial charge is 0.422 e. The molecule has 0 bridgehead atoms. The summed E-state index contributed by atoms with van der Waals surface area (Å²) in [6.07, 6.45) is -0.318. The van der Waals surface area contributed by atoms with Crippen LogP contribution in [-0.4, -0.2) is 12.0 Å². The minimum absolute atomic E-state index is 0.0175. The molecule has 0 amide bonds. The number of aromatic amines is 1. The van der Waals surface area contributed by atoms with Crippen LogP contribution in [0, 0.1) is 10.1 Å². The summed E-state index contributed by atoms with van der Waals surface area (Å²) in [6.45, 7) is 0. The van der Waals surface area contributed by atoms with Crippen molar-refractivity contribution in [2.75, 3.05) is 7.11 Å². The van der Waals surface area contributed by atoms with Gasteiger partial charge in [0.15, 0.2) is 6.20 Å². The van der Waals surface area contributed by atoms with Gasteiger partial charge in [-0.1, -0.05) is 0 Å². The van der Waals surface area contributed by atoms with Gasteiger partial charge >= 0.3 is 6.18 Å². The number of rotatable bonds is 4. The van der Waals surface area contributed by atoms with Crippen LogP contribution in [0.1, 0.15) is 16.8 Å². The predicted octanol–water partition coefficient (Wildman–Crippen LogP) is 4.76. The molecule has 0 aliphatic rings. The summed E-state index contributed by atoms with van der Waals surface area (Å²) in [5.41, 5.74) is 0.323. The van der Waals surface area contributed by atoms with E-state index in [9.17, 15) is 23.3 Å². The molecule has 1 heterocycles. The number of alkyl halides is 3. The van der Waals surface area contributed by atoms with E-state index in [0.29, 0.717) is 22.4 Å². The largest absolute Gasteiger partial charge is 0.497 e. The number of methoxy groups -OCH3 is 1. The standard InChI is InChI=1S/C19H13F3N2O3/c1-27-14-7-8-15-16(10-14)17(19(20,21)22)11-23-18(15)9-4-12-2-5-13(6-3-12)24(25)26/h2-11H,1H3/p+1. The molecule has 0 aliphatic carbocycles. The molecule has 0 aliphatic heterocycles. The Bertz CT molecular complexity index is 1030. The second-order valence-electron chi connectivity index (χ2n) is 5.71. The van der Waals surface area contributed by atoms with Crippen molar-refractivity contribution < 1.29 is 27.8 Å². The maximum atomic E-state index is 13.3. The molecule has 0 spiro atoms. The summed E-state index contributed by atoms with van der Waals surface area (Å²) in [7, 11) is 1.39. The molecule has 0 atom stereocenters. The van der Waals surface area contributed by atoms with Gasteiger partial charge in [-0.05, 0) is 42.0 Å². The van der Waals surface area contributed by atoms with Crippen LogP contribution >= 0.6 is 0 Å². The van der Waals surface area contributed by atoms with Gasteiger partial charge in [-0.3, -0.25) is 10.1 Å². The second kappa shape index (κ2) is 7.06. The molecule has 2 aromatic carbocycles. The van der Waals surface area contributed by atoms with Crippen LogP contribution in [0.5, 0.6) is 5.75 Å². The van der Waals surface area contributed by atoms with E-state index in [1.54, 1.807) is 36.4 Å². The Hall–Kier alpha value is -3.42. The molecular formula is C19H14F3N2O3+. The van der Waals surface area contributed by atoms with E-state index >= 15 is 0 Å². The van der Waals surface area contributed by atoms with Crippen molar-refractivity contribution in [3.63, 3.8) is 0 Å². The van der Waals surface area contributed by atoms with Crippen molar-refractivity contribution in [1.82, 2.24) is 0 Å². The summed E-state index contributed by atoms with van der Waals surface area (Å²) < 4.78 is 45.0. The molecule has 27 heavy (non-hydrogen) atoms. The molecule has 0 saturated carbocycles. The average Bonchev–Trinajstić information content (AvgIpc) is 2.64. The van der Waals surface area contributed by atoms with Crippen molar-refractivity contribution >= 4 is 28.6 Å². The summed E-state index contributed by atoms with van der Waals surface area (Å²) in [6, 6.07) is 10.3. The number of nitrogens with one attached hydrogen (secondary N) is 1. The molecule has 0 saturated heterocycles. The lowest BCUT2D eigenvalue weighted by Gasteiger charge is -2.09. The number of nitrogens with zero attached hydrogens (tertiary/aromatic N) is 1. The molecule has 5 nitrogen and oxygen atoms in total. The number of nitro groups is 1. The van der Waals surface area contributed by atoms with Gasteiger partial charge in [-0.25, -0.2) is 4.98 Å². The lowest BCUT2D eigenvalue weighted by Crippen LogP contribution is -2.15. The van der Waals surface area contributed by atoms with Crippen molar-refractivity contribution in [2.45, 2.75) is 6.18 Å². The first-order chi connectivity index (χ1) is 12.8. The number of H-pyrrole nitrogens is 1. The van der Waals surface area contributed by atoms with E-state index in [-0.39, 0.29) is 11.1 Å². The van der Waals surface area contributed by atoms with Gasteiger partial charge in [0.05, 0.1) is 17.4 Å². The first kappa shape index (κ1) is 18.4. The summed E-state index contributed by atoms with van der Waals surface area (Å²) in [4.78, 5) is 12.8. The quantitative estimate of drug-likeness (QED) is 0.488. The fourth-order valence-electron chi connectivity index (χ4n) is 2.67. The van der Waals surface area contributed by atoms with E-state index < -0.39 is 16.7 Å². The van der Waals surface area contributed by atoms with Gasteiger partial charge in [-0.15, -0.1) is 0 Å². The van der Waals surface area contributed by atoms with Crippen molar-refractivity contribution in [1.29, 1.82) is 0 Å². The van der Waals surface area contributed by atoms with E-state index in [4.69, 9.17) is 4.74 Å². The third-order valence-corrected chi connectivity index (χ3v) is 4.03. The number of pyridine rings is 1. The Balaban J connectivity index is 2.05. The van der Waals surface area contributed by atoms with E-state index in [1.165, 1.54) is 25.3 Å². The molecule has 1 N–H and O–H groups in total. The molecule has 8 heteroatoms. The normalized spacial score (nSPS) is 11.9. The Labute approximate surface area is 151 Å². The molecule has 3 rings (SSSR count). The number of non-ortho nitro benzene ring substituents is 1. The van der Waals surface area contributed by atoms with Crippen molar-refractivity contribution in [3.05, 3.63) is 75.6 Å². The van der Waals surface area contributed by atoms with Gasteiger partial charge < -0.3 is 4.74 Å². The number of hydrogen-bond donors (Lipinski definition) is 0. The zero-order valence-electron chi connectivity index (χ0n) is 14.1. The summed E-state index contributed by atoms with van der Waals surface area (Å²) in [5.74, 6) is 0.324. The Kier molecular flexibility index (Phi) is 4.81. The number of benzene rings is 2. The maximum Gasteiger partial charge on any atom is 0.422 e. The first-order valence-electron chi connectivity index (χ1n) is 7.82. The third kappa shape index (κ3) is 3.89. The lowest BCUT2D eigenvalue weighted by atomic mass is 10.0. The summed E-state index contributed by atoms with van der Waals surface area (Å²) >= 11 is 0. The first-order valence-corrected chi connectivity index (χ1v) is 7.82. The van der Waals surface area contributed by atoms with Gasteiger partial charge in [0.25, 0.3) is 5.69 Å². The number of nitro benzene ring substituents is 1. The van der Waals surface area contributed by atoms with Crippen LogP contribution in [0.4, 0.5) is 18.9 Å². The number of halogens is 3. The highest BCUT2D eigenvalue weighted by molar-refractivity contribution is 5.93. The van der Waals surface area contributed by atoms with Crippen LogP contribution in [-0.2, 0) is 6.18 Å². The fraction of sp³-hybridized carbons (Fsp3) is 0.105. The van der Waals surface area contributed by atoms with Crippen molar-refractivity contribution in [2.24, 2.45) is 0 Å². The number of fused-ring (bicyclic) bond motifs is 1. The highest BCUT2D eigenvalue weighted by Crippen LogP contribution is 2.36. The average molecular weight is 375 g/mol. The van der Waals surface area contributed by atoms with Crippen LogP contribution in [0.3, 0.4) is 0 Å². The number of hydrogen-bond acceptors (Lipinski definition) is 3. The Morgan fingerprint density at radius 2 is 1.78 bits per heavy atom. The van der Waals surface area contributed by atoms with Crippen LogP contribution in [0.25, 0.3) is 22.9 Å². The van der Waals surface area contributed by atoms with E-state index in [2.05, 4.69) is 4.98 Å². The number of ether oxygens (including phenoxy) is 1. The predicted molar refractivity (Wildman–Crippen MR) is 94.1 cm³/mol. The van der Waals surface area contributed by atoms with E-state index in [1.807, 2.05) is 0 Å². The second-order valence-corrected chi connectivity index (χ2v) is 5.71. The van der Waals surface area contributed by atoms with Gasteiger partial charge in [-0.2, -0.15) is 13.2 Å². The molecule has 0 radical (unpaired) electrons. The Morgan fingerprint density at radius 3 is 2.37 bits per heavy atom. The minimum atomic E-state index is -4.51. The zero-order valence-corrected chi connectivity index (χ0v) is 14.1. The zero-order chi connectivity index (χ0) is 19.6. The fourth-order valence-corrected chi connectivity index (χ4v) is 2.67. The van der Waals surface area contributed by atoms with Crippen LogP contribution in [0.2, 0.25) is 0 Å². The molecular weight excluding hydrogens is 361 g/mol. The highest BCUT2D eigenvalue weighted by Gasteiger charge is 2.35. The molecule has 3 aromatic rings. The summed E-state index contributed by atoms with van der Waals surface area (Å²) in [5, 5.41) is 11.1. The van der Waals surface area contributed by atoms with E-state index in [0.717, 1.165) is 6.20 Å². The number of aromatic nitrogens is 1. The molecule has 0 fully saturated rings. The third-order valence-electron chi connectivity index (χ3n) is 4.03. The monoisotopic (exact) mass is 375 g/mol. The Morgan fingerprint density at radius 1 is 1.07 bits per heavy atom. The van der Waals surface area contributed by atoms with Crippen LogP contribution in [0.15, 0.2) is 48.7 Å². The SMILES string of the molecule is COc1ccc2c(C=Cc3ccc([N+](=O)[O-])cc3)[nH+]cc(C(F)(F)F)c2c1. The van der Waals surface area contributed by atoms with Gasteiger partial charge in [0.2, 0.25) is 5.69 Å². The highest BCUT2D eigenvalue weighted by atomic mass is 19.4. The van der Waals surface area contributed by atoms with Gasteiger partial charge in [0, 0.05) is 23.6 Å². The topological polar surface area (TPSA) is 66.5 Å². The van der Waals surface area contributed by atoms with Gasteiger partial charge in [0.1, 0.15) is 11.3 Å². The molecule has 0 unspecified atom stereocenters. The van der Waals surface area contributed by atoms with Crippen molar-refractivity contribution in [3.8, 4) is 5.75 Å². The minimum Gasteiger partial charge on any atom is -0.497 e. The lowest BCUT2D eigenvalue weighted by molar-refractivity contribution is -0.384.